The van der Waals surface area contributed by atoms with E-state index >= 15 is 0 Å². The minimum atomic E-state index is 0.717. The van der Waals surface area contributed by atoms with Crippen LogP contribution in [0.1, 0.15) is 31.9 Å². The molecule has 2 nitrogen and oxygen atoms in total. The number of thiazole rings is 1. The molecule has 1 N–H and O–H groups in total. The Balaban J connectivity index is 1.61. The summed E-state index contributed by atoms with van der Waals surface area (Å²) in [5, 5.41) is 6.86. The van der Waals surface area contributed by atoms with E-state index < -0.39 is 0 Å². The Labute approximate surface area is 88.7 Å². The van der Waals surface area contributed by atoms with Crippen molar-refractivity contribution in [1.82, 2.24) is 4.98 Å². The van der Waals surface area contributed by atoms with Crippen molar-refractivity contribution in [2.45, 2.75) is 38.6 Å². The lowest BCUT2D eigenvalue weighted by Crippen LogP contribution is -2.16. The van der Waals surface area contributed by atoms with Gasteiger partial charge in [-0.3, -0.25) is 0 Å². The Hall–Kier alpha value is -0.570. The van der Waals surface area contributed by atoms with Crippen molar-refractivity contribution in [2.75, 3.05) is 5.32 Å². The van der Waals surface area contributed by atoms with E-state index in [1.807, 2.05) is 0 Å². The average Bonchev–Trinajstić information content (AvgIpc) is 2.66. The third-order valence-corrected chi connectivity index (χ3v) is 4.31. The number of hydrogen-bond acceptors (Lipinski definition) is 3. The van der Waals surface area contributed by atoms with Crippen LogP contribution in [0.2, 0.25) is 0 Å². The molecular formula is C11H16N2S. The van der Waals surface area contributed by atoms with E-state index in [4.69, 9.17) is 0 Å². The maximum Gasteiger partial charge on any atom is 0.183 e. The predicted octanol–water partition coefficient (Wildman–Crippen LogP) is 2.92. The first-order chi connectivity index (χ1) is 6.85. The van der Waals surface area contributed by atoms with Crippen molar-refractivity contribution in [2.24, 2.45) is 11.8 Å². The molecule has 76 valence electrons. The monoisotopic (exact) mass is 208 g/mol. The fourth-order valence-corrected chi connectivity index (χ4v) is 3.41. The Morgan fingerprint density at radius 3 is 2.86 bits per heavy atom. The first-order valence-electron chi connectivity index (χ1n) is 5.56. The Kier molecular flexibility index (Phi) is 2.01. The summed E-state index contributed by atoms with van der Waals surface area (Å²) in [5.74, 6) is 2.11. The zero-order chi connectivity index (χ0) is 9.54. The van der Waals surface area contributed by atoms with Gasteiger partial charge in [0.1, 0.15) is 0 Å². The number of anilines is 1. The highest BCUT2D eigenvalue weighted by Crippen LogP contribution is 2.52. The summed E-state index contributed by atoms with van der Waals surface area (Å²) in [7, 11) is 0. The number of nitrogens with one attached hydrogen (secondary N) is 1. The summed E-state index contributed by atoms with van der Waals surface area (Å²) in [6, 6.07) is 0.717. The zero-order valence-electron chi connectivity index (χ0n) is 8.49. The predicted molar refractivity (Wildman–Crippen MR) is 59.7 cm³/mol. The number of aryl methyl sites for hydroxylation is 1. The van der Waals surface area contributed by atoms with E-state index in [2.05, 4.69) is 22.6 Å². The number of nitrogens with zero attached hydrogens (tertiary/aromatic N) is 1. The Morgan fingerprint density at radius 2 is 2.21 bits per heavy atom. The Bertz CT molecular complexity index is 324. The van der Waals surface area contributed by atoms with Gasteiger partial charge in [0.05, 0.1) is 5.69 Å². The van der Waals surface area contributed by atoms with Gasteiger partial charge >= 0.3 is 0 Å². The molecule has 0 aliphatic heterocycles. The molecule has 0 radical (unpaired) electrons. The van der Waals surface area contributed by atoms with E-state index in [1.54, 1.807) is 11.3 Å². The van der Waals surface area contributed by atoms with Crippen molar-refractivity contribution in [3.63, 3.8) is 0 Å². The highest BCUT2D eigenvalue weighted by Gasteiger charge is 2.45. The largest absolute Gasteiger partial charge is 0.359 e. The number of fused-ring (bicyclic) bond motifs is 1. The lowest BCUT2D eigenvalue weighted by atomic mass is 10.2. The number of aromatic nitrogens is 1. The van der Waals surface area contributed by atoms with E-state index in [-0.39, 0.29) is 0 Å². The van der Waals surface area contributed by atoms with Gasteiger partial charge in [-0.05, 0) is 37.5 Å². The van der Waals surface area contributed by atoms with Crippen molar-refractivity contribution >= 4 is 16.5 Å². The van der Waals surface area contributed by atoms with Gasteiger partial charge < -0.3 is 5.32 Å². The summed E-state index contributed by atoms with van der Waals surface area (Å²) in [6.07, 6.45) is 5.31. The number of hydrogen-bond donors (Lipinski definition) is 1. The molecule has 2 unspecified atom stereocenters. The standard InChI is InChI=1S/C11H16N2S/c1-2-9-6-14-11(12-9)13-10-4-7-3-8(7)5-10/h6-8,10H,2-5H2,1H3,(H,12,13). The molecule has 0 aromatic carbocycles. The minimum absolute atomic E-state index is 0.717. The van der Waals surface area contributed by atoms with Crippen LogP contribution in [0.25, 0.3) is 0 Å². The van der Waals surface area contributed by atoms with Crippen LogP contribution >= 0.6 is 11.3 Å². The lowest BCUT2D eigenvalue weighted by Gasteiger charge is -2.12. The quantitative estimate of drug-likeness (QED) is 0.826. The topological polar surface area (TPSA) is 24.9 Å². The van der Waals surface area contributed by atoms with Gasteiger partial charge in [-0.25, -0.2) is 4.98 Å². The molecule has 0 bridgehead atoms. The van der Waals surface area contributed by atoms with Crippen molar-refractivity contribution in [1.29, 1.82) is 0 Å². The van der Waals surface area contributed by atoms with Gasteiger partial charge in [0.15, 0.2) is 5.13 Å². The van der Waals surface area contributed by atoms with Crippen LogP contribution in [-0.4, -0.2) is 11.0 Å². The molecule has 2 aliphatic rings. The third-order valence-electron chi connectivity index (χ3n) is 3.49. The van der Waals surface area contributed by atoms with Crippen LogP contribution in [0.15, 0.2) is 5.38 Å². The molecule has 2 atom stereocenters. The molecule has 0 spiro atoms. The van der Waals surface area contributed by atoms with Gasteiger partial charge in [-0.1, -0.05) is 6.92 Å². The van der Waals surface area contributed by atoms with Crippen LogP contribution in [0.5, 0.6) is 0 Å². The van der Waals surface area contributed by atoms with Crippen LogP contribution in [0.3, 0.4) is 0 Å². The summed E-state index contributed by atoms with van der Waals surface area (Å²) in [5.41, 5.74) is 1.22. The summed E-state index contributed by atoms with van der Waals surface area (Å²) < 4.78 is 0. The zero-order valence-corrected chi connectivity index (χ0v) is 9.31. The lowest BCUT2D eigenvalue weighted by molar-refractivity contribution is 0.651. The second kappa shape index (κ2) is 3.23. The molecule has 14 heavy (non-hydrogen) atoms. The maximum absolute atomic E-state index is 4.54. The van der Waals surface area contributed by atoms with E-state index in [0.717, 1.165) is 29.4 Å². The van der Waals surface area contributed by atoms with Crippen LogP contribution in [-0.2, 0) is 6.42 Å². The van der Waals surface area contributed by atoms with Gasteiger partial charge in [0.2, 0.25) is 0 Å². The van der Waals surface area contributed by atoms with Crippen molar-refractivity contribution < 1.29 is 0 Å². The van der Waals surface area contributed by atoms with Gasteiger partial charge in [0.25, 0.3) is 0 Å². The van der Waals surface area contributed by atoms with Crippen LogP contribution in [0, 0.1) is 11.8 Å². The van der Waals surface area contributed by atoms with E-state index in [1.165, 1.54) is 25.0 Å². The highest BCUT2D eigenvalue weighted by molar-refractivity contribution is 7.13. The molecular weight excluding hydrogens is 192 g/mol. The Morgan fingerprint density at radius 1 is 1.43 bits per heavy atom. The molecule has 2 saturated carbocycles. The molecule has 2 fully saturated rings. The fraction of sp³-hybridized carbons (Fsp3) is 0.727. The van der Waals surface area contributed by atoms with Gasteiger partial charge in [0, 0.05) is 11.4 Å². The van der Waals surface area contributed by atoms with E-state index in [0.29, 0.717) is 0 Å². The first kappa shape index (κ1) is 8.72. The fourth-order valence-electron chi connectivity index (χ4n) is 2.54. The van der Waals surface area contributed by atoms with E-state index in [9.17, 15) is 0 Å². The first-order valence-corrected chi connectivity index (χ1v) is 6.44. The van der Waals surface area contributed by atoms with Gasteiger partial charge in [-0.2, -0.15) is 0 Å². The second-order valence-corrected chi connectivity index (χ2v) is 5.42. The molecule has 1 heterocycles. The second-order valence-electron chi connectivity index (χ2n) is 4.57. The van der Waals surface area contributed by atoms with Gasteiger partial charge in [-0.15, -0.1) is 11.3 Å². The highest BCUT2D eigenvalue weighted by atomic mass is 32.1. The van der Waals surface area contributed by atoms with Crippen molar-refractivity contribution in [3.05, 3.63) is 11.1 Å². The summed E-state index contributed by atoms with van der Waals surface area (Å²) in [6.45, 7) is 2.16. The minimum Gasteiger partial charge on any atom is -0.359 e. The van der Waals surface area contributed by atoms with Crippen LogP contribution < -0.4 is 5.32 Å². The SMILES string of the molecule is CCc1csc(NC2CC3CC3C2)n1. The molecule has 0 saturated heterocycles. The molecule has 3 heteroatoms. The maximum atomic E-state index is 4.54. The van der Waals surface area contributed by atoms with Crippen LogP contribution in [0.4, 0.5) is 5.13 Å². The molecule has 1 aromatic rings. The molecule has 3 rings (SSSR count). The smallest absolute Gasteiger partial charge is 0.183 e. The molecule has 1 aromatic heterocycles. The number of rotatable bonds is 3. The molecule has 0 amide bonds. The normalized spacial score (nSPS) is 34.2. The summed E-state index contributed by atoms with van der Waals surface area (Å²) >= 11 is 1.75. The average molecular weight is 208 g/mol. The third kappa shape index (κ3) is 1.54. The van der Waals surface area contributed by atoms with Crippen molar-refractivity contribution in [3.8, 4) is 0 Å². The summed E-state index contributed by atoms with van der Waals surface area (Å²) in [4.78, 5) is 4.54. The molecule has 2 aliphatic carbocycles.